The van der Waals surface area contributed by atoms with Crippen LogP contribution in [0.5, 0.6) is 0 Å². The van der Waals surface area contributed by atoms with Crippen molar-refractivity contribution in [2.24, 2.45) is 5.73 Å². The number of halogens is 3. The molecule has 2 N–H and O–H groups in total. The van der Waals surface area contributed by atoms with Crippen LogP contribution in [0.1, 0.15) is 6.42 Å². The third-order valence-electron chi connectivity index (χ3n) is 2.77. The van der Waals surface area contributed by atoms with Gasteiger partial charge in [-0.05, 0) is 61.3 Å². The highest BCUT2D eigenvalue weighted by atomic mass is 35.5. The predicted molar refractivity (Wildman–Crippen MR) is 84.7 cm³/mol. The molecule has 2 aromatic rings. The maximum atomic E-state index is 13.9. The fourth-order valence-corrected chi connectivity index (χ4v) is 2.85. The lowest BCUT2D eigenvalue weighted by Crippen LogP contribution is -2.20. The molecule has 2 aromatic carbocycles. The van der Waals surface area contributed by atoms with Crippen molar-refractivity contribution < 1.29 is 8.78 Å². The minimum atomic E-state index is -0.471. The highest BCUT2D eigenvalue weighted by Crippen LogP contribution is 2.32. The highest BCUT2D eigenvalue weighted by Gasteiger charge is 2.14. The summed E-state index contributed by atoms with van der Waals surface area (Å²) < 4.78 is 29.0. The second-order valence-corrected chi connectivity index (χ2v) is 5.92. The van der Waals surface area contributed by atoms with Crippen molar-refractivity contribution in [2.45, 2.75) is 11.3 Å². The number of hydrogen-bond donors (Lipinski definition) is 1. The number of benzene rings is 2. The summed E-state index contributed by atoms with van der Waals surface area (Å²) in [5.41, 5.74) is 5.73. The van der Waals surface area contributed by atoms with E-state index in [0.717, 1.165) is 17.0 Å². The van der Waals surface area contributed by atoms with Crippen LogP contribution in [-0.2, 0) is 0 Å². The largest absolute Gasteiger partial charge is 0.330 e. The Labute approximate surface area is 132 Å². The highest BCUT2D eigenvalue weighted by molar-refractivity contribution is 8.00. The molecule has 0 spiro atoms. The average molecular weight is 329 g/mol. The Morgan fingerprint density at radius 3 is 2.48 bits per heavy atom. The Hall–Kier alpha value is -1.30. The molecule has 0 aliphatic heterocycles. The molecule has 21 heavy (non-hydrogen) atoms. The number of anilines is 1. The lowest BCUT2D eigenvalue weighted by atomic mass is 10.3. The summed E-state index contributed by atoms with van der Waals surface area (Å²) >= 11 is 7.17. The smallest absolute Gasteiger partial charge is 0.147 e. The topological polar surface area (TPSA) is 29.3 Å². The first kappa shape index (κ1) is 16.1. The zero-order chi connectivity index (χ0) is 15.2. The molecular weight excluding hydrogens is 314 g/mol. The van der Waals surface area contributed by atoms with Gasteiger partial charge in [-0.25, -0.2) is 8.78 Å². The molecular formula is C15H15ClF2N2S. The number of hydrogen-bond acceptors (Lipinski definition) is 3. The molecule has 0 saturated heterocycles. The van der Waals surface area contributed by atoms with E-state index in [-0.39, 0.29) is 5.69 Å². The summed E-state index contributed by atoms with van der Waals surface area (Å²) in [6, 6.07) is 10.6. The van der Waals surface area contributed by atoms with E-state index in [4.69, 9.17) is 17.3 Å². The number of nitrogens with zero attached hydrogens (tertiary/aromatic N) is 1. The van der Waals surface area contributed by atoms with Crippen LogP contribution in [0.4, 0.5) is 14.5 Å². The SMILES string of the molecule is NCCCN(Sc1ccc(Cl)cc1)c1cc(F)ccc1F. The standard InChI is InChI=1S/C15H15ClF2N2S/c16-11-2-5-13(6-3-11)21-20(9-1-8-19)15-10-12(17)4-7-14(15)18/h2-7,10H,1,8-9,19H2. The van der Waals surface area contributed by atoms with Crippen LogP contribution in [-0.4, -0.2) is 13.1 Å². The lowest BCUT2D eigenvalue weighted by molar-refractivity contribution is 0.599. The van der Waals surface area contributed by atoms with Crippen LogP contribution < -0.4 is 10.0 Å². The summed E-state index contributed by atoms with van der Waals surface area (Å²) in [5, 5.41) is 0.629. The molecule has 0 saturated carbocycles. The molecule has 2 rings (SSSR count). The van der Waals surface area contributed by atoms with Crippen LogP contribution in [0.15, 0.2) is 47.4 Å². The molecule has 6 heteroatoms. The van der Waals surface area contributed by atoms with Crippen molar-refractivity contribution in [2.75, 3.05) is 17.4 Å². The summed E-state index contributed by atoms with van der Waals surface area (Å²) in [7, 11) is 0. The maximum absolute atomic E-state index is 13.9. The fourth-order valence-electron chi connectivity index (χ4n) is 1.75. The second-order valence-electron chi connectivity index (χ2n) is 4.39. The Balaban J connectivity index is 2.25. The summed E-state index contributed by atoms with van der Waals surface area (Å²) in [4.78, 5) is 0.889. The second kappa shape index (κ2) is 7.64. The van der Waals surface area contributed by atoms with E-state index in [1.165, 1.54) is 18.0 Å². The van der Waals surface area contributed by atoms with E-state index in [1.54, 1.807) is 16.4 Å². The van der Waals surface area contributed by atoms with Gasteiger partial charge in [0.15, 0.2) is 0 Å². The van der Waals surface area contributed by atoms with Crippen LogP contribution in [0.3, 0.4) is 0 Å². The van der Waals surface area contributed by atoms with E-state index in [9.17, 15) is 8.78 Å². The number of nitrogens with two attached hydrogens (primary N) is 1. The van der Waals surface area contributed by atoms with E-state index in [1.807, 2.05) is 12.1 Å². The predicted octanol–water partition coefficient (Wildman–Crippen LogP) is 4.48. The monoisotopic (exact) mass is 328 g/mol. The first-order chi connectivity index (χ1) is 10.1. The Morgan fingerprint density at radius 1 is 1.10 bits per heavy atom. The first-order valence-corrected chi connectivity index (χ1v) is 7.61. The van der Waals surface area contributed by atoms with Gasteiger partial charge < -0.3 is 10.0 Å². The molecule has 0 amide bonds. The first-order valence-electron chi connectivity index (χ1n) is 6.46. The Kier molecular flexibility index (Phi) is 5.85. The molecule has 0 heterocycles. The molecule has 2 nitrogen and oxygen atoms in total. The average Bonchev–Trinajstić information content (AvgIpc) is 2.48. The minimum absolute atomic E-state index is 0.211. The van der Waals surface area contributed by atoms with Gasteiger partial charge in [0.1, 0.15) is 11.6 Å². The van der Waals surface area contributed by atoms with Gasteiger partial charge in [0, 0.05) is 22.5 Å². The third kappa shape index (κ3) is 4.59. The normalized spacial score (nSPS) is 10.7. The van der Waals surface area contributed by atoms with Gasteiger partial charge in [-0.1, -0.05) is 11.6 Å². The van der Waals surface area contributed by atoms with Crippen LogP contribution in [0.25, 0.3) is 0 Å². The Bertz CT molecular complexity index is 593. The van der Waals surface area contributed by atoms with E-state index >= 15 is 0 Å². The zero-order valence-electron chi connectivity index (χ0n) is 11.2. The van der Waals surface area contributed by atoms with E-state index in [2.05, 4.69) is 0 Å². The van der Waals surface area contributed by atoms with E-state index in [0.29, 0.717) is 24.5 Å². The molecule has 0 unspecified atom stereocenters. The van der Waals surface area contributed by atoms with Crippen LogP contribution >= 0.6 is 23.5 Å². The molecule has 0 bridgehead atoms. The summed E-state index contributed by atoms with van der Waals surface area (Å²) in [6.45, 7) is 0.999. The molecule has 0 fully saturated rings. The van der Waals surface area contributed by atoms with Crippen LogP contribution in [0.2, 0.25) is 5.02 Å². The van der Waals surface area contributed by atoms with Gasteiger partial charge in [-0.15, -0.1) is 0 Å². The zero-order valence-corrected chi connectivity index (χ0v) is 12.8. The fraction of sp³-hybridized carbons (Fsp3) is 0.200. The van der Waals surface area contributed by atoms with E-state index < -0.39 is 11.6 Å². The van der Waals surface area contributed by atoms with Gasteiger partial charge in [-0.3, -0.25) is 0 Å². The molecule has 0 radical (unpaired) electrons. The minimum Gasteiger partial charge on any atom is -0.330 e. The third-order valence-corrected chi connectivity index (χ3v) is 4.11. The van der Waals surface area contributed by atoms with Crippen molar-refractivity contribution in [1.82, 2.24) is 0 Å². The lowest BCUT2D eigenvalue weighted by Gasteiger charge is -2.23. The molecule has 112 valence electrons. The van der Waals surface area contributed by atoms with Crippen LogP contribution in [0, 0.1) is 11.6 Å². The van der Waals surface area contributed by atoms with Crippen molar-refractivity contribution in [3.8, 4) is 0 Å². The summed E-state index contributed by atoms with van der Waals surface area (Å²) in [6.07, 6.45) is 0.677. The summed E-state index contributed by atoms with van der Waals surface area (Å²) in [5.74, 6) is -0.935. The van der Waals surface area contributed by atoms with Crippen molar-refractivity contribution in [3.05, 3.63) is 59.1 Å². The van der Waals surface area contributed by atoms with Gasteiger partial charge in [0.2, 0.25) is 0 Å². The molecule has 0 aliphatic carbocycles. The molecule has 0 aliphatic rings. The van der Waals surface area contributed by atoms with Gasteiger partial charge in [0.05, 0.1) is 5.69 Å². The Morgan fingerprint density at radius 2 is 1.81 bits per heavy atom. The van der Waals surface area contributed by atoms with Crippen molar-refractivity contribution in [3.63, 3.8) is 0 Å². The quantitative estimate of drug-likeness (QED) is 0.793. The van der Waals surface area contributed by atoms with Crippen molar-refractivity contribution >= 4 is 29.2 Å². The maximum Gasteiger partial charge on any atom is 0.147 e. The van der Waals surface area contributed by atoms with Gasteiger partial charge >= 0.3 is 0 Å². The molecule has 0 aromatic heterocycles. The van der Waals surface area contributed by atoms with Gasteiger partial charge in [0.25, 0.3) is 0 Å². The molecule has 0 atom stereocenters. The van der Waals surface area contributed by atoms with Gasteiger partial charge in [-0.2, -0.15) is 0 Å². The number of rotatable bonds is 6. The van der Waals surface area contributed by atoms with Crippen molar-refractivity contribution in [1.29, 1.82) is 0 Å².